The van der Waals surface area contributed by atoms with Crippen molar-refractivity contribution in [3.05, 3.63) is 71.0 Å². The summed E-state index contributed by atoms with van der Waals surface area (Å²) in [5, 5.41) is 15.1. The molecule has 0 atom stereocenters. The Hall–Kier alpha value is -4.05. The highest BCUT2D eigenvalue weighted by Crippen LogP contribution is 2.37. The van der Waals surface area contributed by atoms with Crippen LogP contribution in [0.4, 0.5) is 30.8 Å². The van der Waals surface area contributed by atoms with Crippen molar-refractivity contribution in [3.8, 4) is 11.3 Å². The van der Waals surface area contributed by atoms with Gasteiger partial charge in [0.05, 0.1) is 17.1 Å². The number of hydrogen-bond acceptors (Lipinski definition) is 6. The molecule has 0 unspecified atom stereocenters. The van der Waals surface area contributed by atoms with E-state index in [1.54, 1.807) is 27.7 Å². The number of amides is 1. The summed E-state index contributed by atoms with van der Waals surface area (Å²) in [6.45, 7) is 10.6. The van der Waals surface area contributed by atoms with Gasteiger partial charge in [0.25, 0.3) is 0 Å². The molecule has 0 radical (unpaired) electrons. The number of ether oxygens (including phenoxy) is 1. The van der Waals surface area contributed by atoms with Crippen LogP contribution in [-0.2, 0) is 4.74 Å². The van der Waals surface area contributed by atoms with E-state index in [1.165, 1.54) is 24.3 Å². The topological polar surface area (TPSA) is 113 Å². The monoisotopic (exact) mass is 516 g/mol. The molecule has 2 heterocycles. The van der Waals surface area contributed by atoms with E-state index in [-0.39, 0.29) is 39.0 Å². The first kappa shape index (κ1) is 26.6. The molecule has 1 amide bonds. The molecule has 0 aliphatic rings. The largest absolute Gasteiger partial charge is 0.477 e. The second-order valence-electron chi connectivity index (χ2n) is 8.76. The standard InChI is InChI=1S/C25H23ClF2N4O4/c1-12(2)19-18(30-16-8-9-29-21(28)20(16)23(33)34)11-17(14-10-13(26)6-7-15(14)27)31-22(19)32-24(35)36-25(3,4)5/h6-11H,1H2,2-5H3,(H,33,34)(H2,29,30,31,32,35). The summed E-state index contributed by atoms with van der Waals surface area (Å²) in [5.74, 6) is -3.46. The van der Waals surface area contributed by atoms with Crippen molar-refractivity contribution in [1.82, 2.24) is 9.97 Å². The fourth-order valence-electron chi connectivity index (χ4n) is 3.29. The van der Waals surface area contributed by atoms with E-state index in [2.05, 4.69) is 27.2 Å². The van der Waals surface area contributed by atoms with Crippen molar-refractivity contribution in [2.24, 2.45) is 0 Å². The number of allylic oxidation sites excluding steroid dienone is 1. The molecule has 3 aromatic rings. The zero-order valence-corrected chi connectivity index (χ0v) is 20.6. The third-order valence-electron chi connectivity index (χ3n) is 4.66. The van der Waals surface area contributed by atoms with E-state index in [1.807, 2.05) is 0 Å². The fourth-order valence-corrected chi connectivity index (χ4v) is 3.46. The number of carbonyl (C=O) groups excluding carboxylic acids is 1. The number of nitrogens with zero attached hydrogens (tertiary/aromatic N) is 2. The lowest BCUT2D eigenvalue weighted by Crippen LogP contribution is -2.28. The van der Waals surface area contributed by atoms with Crippen LogP contribution in [0, 0.1) is 11.8 Å². The average Bonchev–Trinajstić information content (AvgIpc) is 2.73. The highest BCUT2D eigenvalue weighted by molar-refractivity contribution is 6.30. The Morgan fingerprint density at radius 2 is 1.81 bits per heavy atom. The minimum atomic E-state index is -1.55. The lowest BCUT2D eigenvalue weighted by Gasteiger charge is -2.22. The van der Waals surface area contributed by atoms with Crippen LogP contribution in [0.15, 0.2) is 43.1 Å². The summed E-state index contributed by atoms with van der Waals surface area (Å²) in [6.07, 6.45) is 0.247. The van der Waals surface area contributed by atoms with Crippen molar-refractivity contribution >= 4 is 46.4 Å². The number of aromatic nitrogens is 2. The third-order valence-corrected chi connectivity index (χ3v) is 4.89. The smallest absolute Gasteiger partial charge is 0.413 e. The first-order valence-electron chi connectivity index (χ1n) is 10.6. The molecule has 11 heteroatoms. The van der Waals surface area contributed by atoms with Gasteiger partial charge in [-0.2, -0.15) is 4.39 Å². The summed E-state index contributed by atoms with van der Waals surface area (Å²) < 4.78 is 34.3. The van der Waals surface area contributed by atoms with Crippen molar-refractivity contribution < 1.29 is 28.2 Å². The number of pyridine rings is 2. The molecule has 0 fully saturated rings. The van der Waals surface area contributed by atoms with E-state index >= 15 is 0 Å². The maximum atomic E-state index is 14.7. The van der Waals surface area contributed by atoms with Crippen LogP contribution in [-0.4, -0.2) is 32.7 Å². The maximum absolute atomic E-state index is 14.7. The van der Waals surface area contributed by atoms with Gasteiger partial charge in [-0.05, 0) is 63.6 Å². The number of carboxylic acids is 1. The van der Waals surface area contributed by atoms with Gasteiger partial charge in [-0.25, -0.2) is 23.9 Å². The minimum Gasteiger partial charge on any atom is -0.477 e. The van der Waals surface area contributed by atoms with Gasteiger partial charge >= 0.3 is 12.1 Å². The molecule has 0 spiro atoms. The molecule has 3 N–H and O–H groups in total. The van der Waals surface area contributed by atoms with Crippen molar-refractivity contribution in [3.63, 3.8) is 0 Å². The van der Waals surface area contributed by atoms with Gasteiger partial charge in [-0.3, -0.25) is 5.32 Å². The van der Waals surface area contributed by atoms with Crippen LogP contribution >= 0.6 is 11.6 Å². The molecule has 36 heavy (non-hydrogen) atoms. The molecule has 2 aromatic heterocycles. The Bertz CT molecular complexity index is 1370. The number of halogens is 3. The van der Waals surface area contributed by atoms with Gasteiger partial charge in [0, 0.05) is 22.3 Å². The maximum Gasteiger partial charge on any atom is 0.413 e. The third kappa shape index (κ3) is 6.14. The first-order chi connectivity index (χ1) is 16.8. The molecule has 8 nitrogen and oxygen atoms in total. The molecular weight excluding hydrogens is 494 g/mol. The summed E-state index contributed by atoms with van der Waals surface area (Å²) in [5.41, 5.74) is -0.808. The molecule has 0 aliphatic heterocycles. The lowest BCUT2D eigenvalue weighted by atomic mass is 10.0. The quantitative estimate of drug-likeness (QED) is 0.305. The number of carbonyl (C=O) groups is 2. The van der Waals surface area contributed by atoms with Crippen LogP contribution in [0.3, 0.4) is 0 Å². The van der Waals surface area contributed by atoms with Crippen molar-refractivity contribution in [2.75, 3.05) is 10.6 Å². The summed E-state index contributed by atoms with van der Waals surface area (Å²) in [4.78, 5) is 32.0. The van der Waals surface area contributed by atoms with Gasteiger partial charge in [0.15, 0.2) is 0 Å². The Kier molecular flexibility index (Phi) is 7.59. The molecule has 0 saturated carbocycles. The summed E-state index contributed by atoms with van der Waals surface area (Å²) in [7, 11) is 0. The Morgan fingerprint density at radius 1 is 1.11 bits per heavy atom. The normalized spacial score (nSPS) is 11.1. The van der Waals surface area contributed by atoms with Crippen LogP contribution in [0.1, 0.15) is 43.6 Å². The second kappa shape index (κ2) is 10.3. The summed E-state index contributed by atoms with van der Waals surface area (Å²) >= 11 is 6.06. The molecule has 188 valence electrons. The van der Waals surface area contributed by atoms with E-state index in [4.69, 9.17) is 16.3 Å². The number of nitrogens with one attached hydrogen (secondary N) is 2. The molecular formula is C25H23ClF2N4O4. The van der Waals surface area contributed by atoms with Crippen LogP contribution in [0.5, 0.6) is 0 Å². The molecule has 3 rings (SSSR count). The van der Waals surface area contributed by atoms with Gasteiger partial charge in [0.2, 0.25) is 5.95 Å². The average molecular weight is 517 g/mol. The number of hydrogen-bond donors (Lipinski definition) is 3. The van der Waals surface area contributed by atoms with Crippen LogP contribution < -0.4 is 10.6 Å². The Morgan fingerprint density at radius 3 is 2.42 bits per heavy atom. The fraction of sp³-hybridized carbons (Fsp3) is 0.200. The summed E-state index contributed by atoms with van der Waals surface area (Å²) in [6, 6.07) is 6.52. The minimum absolute atomic E-state index is 0.00502. The van der Waals surface area contributed by atoms with Gasteiger partial charge in [-0.15, -0.1) is 0 Å². The Labute approximate surface area is 211 Å². The SMILES string of the molecule is C=C(C)c1c(Nc2ccnc(F)c2C(=O)O)cc(-c2cc(Cl)ccc2F)nc1NC(=O)OC(C)(C)C. The van der Waals surface area contributed by atoms with Crippen molar-refractivity contribution in [2.45, 2.75) is 33.3 Å². The van der Waals surface area contributed by atoms with E-state index < -0.39 is 35.0 Å². The number of aromatic carboxylic acids is 1. The Balaban J connectivity index is 2.26. The van der Waals surface area contributed by atoms with Gasteiger partial charge in [0.1, 0.15) is 22.8 Å². The predicted molar refractivity (Wildman–Crippen MR) is 134 cm³/mol. The van der Waals surface area contributed by atoms with E-state index in [9.17, 15) is 23.5 Å². The number of benzene rings is 1. The van der Waals surface area contributed by atoms with E-state index in [0.717, 1.165) is 12.3 Å². The molecule has 0 bridgehead atoms. The zero-order chi connectivity index (χ0) is 26.8. The van der Waals surface area contributed by atoms with Crippen molar-refractivity contribution in [1.29, 1.82) is 0 Å². The van der Waals surface area contributed by atoms with Gasteiger partial charge < -0.3 is 15.2 Å². The molecule has 1 aromatic carbocycles. The molecule has 0 aliphatic carbocycles. The lowest BCUT2D eigenvalue weighted by molar-refractivity contribution is 0.0633. The van der Waals surface area contributed by atoms with Crippen LogP contribution in [0.25, 0.3) is 16.8 Å². The highest BCUT2D eigenvalue weighted by Gasteiger charge is 2.24. The number of anilines is 3. The number of rotatable bonds is 6. The molecule has 0 saturated heterocycles. The predicted octanol–water partition coefficient (Wildman–Crippen LogP) is 6.90. The second-order valence-corrected chi connectivity index (χ2v) is 9.20. The van der Waals surface area contributed by atoms with Gasteiger partial charge in [-0.1, -0.05) is 18.2 Å². The highest BCUT2D eigenvalue weighted by atomic mass is 35.5. The van der Waals surface area contributed by atoms with Crippen LogP contribution in [0.2, 0.25) is 5.02 Å². The zero-order valence-electron chi connectivity index (χ0n) is 19.9. The van der Waals surface area contributed by atoms with E-state index in [0.29, 0.717) is 5.57 Å². The number of carboxylic acid groups (broad SMARTS) is 1. The first-order valence-corrected chi connectivity index (χ1v) is 11.0.